The summed E-state index contributed by atoms with van der Waals surface area (Å²) in [6.07, 6.45) is 3.63. The van der Waals surface area contributed by atoms with E-state index in [9.17, 15) is 4.79 Å². The topological polar surface area (TPSA) is 85.8 Å². The standard InChI is InChI=1S/C21H28N4O4/c1-15-23-19(25-10-5-4-6-11-25)14-20(24-15)29-12-9-22-21(26)17-8-7-16(27-2)13-18(17)28-3/h7-8,13-14H,4-6,9-12H2,1-3H3,(H,22,26). The van der Waals surface area contributed by atoms with Crippen LogP contribution >= 0.6 is 0 Å². The summed E-state index contributed by atoms with van der Waals surface area (Å²) >= 11 is 0. The molecule has 1 saturated heterocycles. The van der Waals surface area contributed by atoms with Gasteiger partial charge in [0.2, 0.25) is 5.88 Å². The van der Waals surface area contributed by atoms with Crippen LogP contribution in [0.5, 0.6) is 17.4 Å². The van der Waals surface area contributed by atoms with Crippen molar-refractivity contribution in [3.63, 3.8) is 0 Å². The van der Waals surface area contributed by atoms with Crippen molar-refractivity contribution >= 4 is 11.7 Å². The lowest BCUT2D eigenvalue weighted by Gasteiger charge is -2.28. The summed E-state index contributed by atoms with van der Waals surface area (Å²) in [5, 5.41) is 2.84. The van der Waals surface area contributed by atoms with Crippen LogP contribution in [0.1, 0.15) is 35.4 Å². The number of piperidine rings is 1. The monoisotopic (exact) mass is 400 g/mol. The van der Waals surface area contributed by atoms with Gasteiger partial charge in [-0.05, 0) is 38.3 Å². The summed E-state index contributed by atoms with van der Waals surface area (Å²) in [6.45, 7) is 4.53. The fraction of sp³-hybridized carbons (Fsp3) is 0.476. The summed E-state index contributed by atoms with van der Waals surface area (Å²) in [5.41, 5.74) is 0.443. The highest BCUT2D eigenvalue weighted by atomic mass is 16.5. The lowest BCUT2D eigenvalue weighted by atomic mass is 10.1. The number of methoxy groups -OCH3 is 2. The number of ether oxygens (including phenoxy) is 3. The van der Waals surface area contributed by atoms with Crippen molar-refractivity contribution < 1.29 is 19.0 Å². The van der Waals surface area contributed by atoms with Crippen LogP contribution in [0.4, 0.5) is 5.82 Å². The van der Waals surface area contributed by atoms with Crippen molar-refractivity contribution in [3.05, 3.63) is 35.7 Å². The molecule has 1 aliphatic rings. The van der Waals surface area contributed by atoms with Crippen LogP contribution < -0.4 is 24.4 Å². The molecule has 2 aromatic rings. The van der Waals surface area contributed by atoms with Crippen LogP contribution in [0.15, 0.2) is 24.3 Å². The quantitative estimate of drug-likeness (QED) is 0.682. The van der Waals surface area contributed by atoms with E-state index in [2.05, 4.69) is 20.2 Å². The van der Waals surface area contributed by atoms with E-state index in [0.29, 0.717) is 41.9 Å². The number of aryl methyl sites for hydroxylation is 1. The lowest BCUT2D eigenvalue weighted by Crippen LogP contribution is -2.30. The Balaban J connectivity index is 1.54. The van der Waals surface area contributed by atoms with Crippen LogP contribution in [0, 0.1) is 6.92 Å². The third kappa shape index (κ3) is 5.49. The number of hydrogen-bond acceptors (Lipinski definition) is 7. The van der Waals surface area contributed by atoms with Gasteiger partial charge >= 0.3 is 0 Å². The molecular formula is C21H28N4O4. The van der Waals surface area contributed by atoms with Gasteiger partial charge in [0.1, 0.15) is 29.7 Å². The first-order valence-electron chi connectivity index (χ1n) is 9.84. The molecule has 156 valence electrons. The zero-order chi connectivity index (χ0) is 20.6. The minimum absolute atomic E-state index is 0.235. The minimum atomic E-state index is -0.235. The van der Waals surface area contributed by atoms with E-state index in [1.54, 1.807) is 25.3 Å². The smallest absolute Gasteiger partial charge is 0.255 e. The Morgan fingerprint density at radius 2 is 1.90 bits per heavy atom. The molecule has 1 aliphatic heterocycles. The van der Waals surface area contributed by atoms with Gasteiger partial charge in [-0.1, -0.05) is 0 Å². The highest BCUT2D eigenvalue weighted by Crippen LogP contribution is 2.24. The number of carbonyl (C=O) groups excluding carboxylic acids is 1. The fourth-order valence-electron chi connectivity index (χ4n) is 3.29. The fourth-order valence-corrected chi connectivity index (χ4v) is 3.29. The third-order valence-electron chi connectivity index (χ3n) is 4.77. The summed E-state index contributed by atoms with van der Waals surface area (Å²) < 4.78 is 16.2. The molecule has 0 saturated carbocycles. The maximum absolute atomic E-state index is 12.4. The first-order valence-corrected chi connectivity index (χ1v) is 9.84. The molecule has 1 aromatic heterocycles. The van der Waals surface area contributed by atoms with Crippen molar-refractivity contribution in [2.45, 2.75) is 26.2 Å². The minimum Gasteiger partial charge on any atom is -0.497 e. The number of aromatic nitrogens is 2. The molecule has 0 atom stereocenters. The predicted molar refractivity (Wildman–Crippen MR) is 110 cm³/mol. The zero-order valence-corrected chi connectivity index (χ0v) is 17.2. The maximum atomic E-state index is 12.4. The Morgan fingerprint density at radius 3 is 2.62 bits per heavy atom. The van der Waals surface area contributed by atoms with Gasteiger partial charge in [-0.3, -0.25) is 4.79 Å². The van der Waals surface area contributed by atoms with Crippen molar-refractivity contribution in [1.29, 1.82) is 0 Å². The number of nitrogens with one attached hydrogen (secondary N) is 1. The molecule has 0 radical (unpaired) electrons. The largest absolute Gasteiger partial charge is 0.497 e. The van der Waals surface area contributed by atoms with Crippen molar-refractivity contribution in [1.82, 2.24) is 15.3 Å². The van der Waals surface area contributed by atoms with Crippen molar-refractivity contribution in [3.8, 4) is 17.4 Å². The van der Waals surface area contributed by atoms with Gasteiger partial charge in [-0.15, -0.1) is 0 Å². The van der Waals surface area contributed by atoms with Crippen LogP contribution in [0.3, 0.4) is 0 Å². The van der Waals surface area contributed by atoms with Gasteiger partial charge in [0.15, 0.2) is 0 Å². The van der Waals surface area contributed by atoms with Gasteiger partial charge in [0.25, 0.3) is 5.91 Å². The number of amides is 1. The molecule has 0 spiro atoms. The number of benzene rings is 1. The van der Waals surface area contributed by atoms with Crippen LogP contribution in [-0.2, 0) is 0 Å². The van der Waals surface area contributed by atoms with Crippen molar-refractivity contribution in [2.24, 2.45) is 0 Å². The van der Waals surface area contributed by atoms with E-state index >= 15 is 0 Å². The van der Waals surface area contributed by atoms with E-state index in [-0.39, 0.29) is 5.91 Å². The molecule has 8 heteroatoms. The second kappa shape index (κ2) is 9.95. The van der Waals surface area contributed by atoms with Gasteiger partial charge in [-0.25, -0.2) is 4.98 Å². The van der Waals surface area contributed by atoms with Gasteiger partial charge < -0.3 is 24.4 Å². The molecule has 8 nitrogen and oxygen atoms in total. The first-order chi connectivity index (χ1) is 14.1. The molecule has 1 N–H and O–H groups in total. The molecule has 1 aromatic carbocycles. The maximum Gasteiger partial charge on any atom is 0.255 e. The van der Waals surface area contributed by atoms with Crippen molar-refractivity contribution in [2.75, 3.05) is 45.4 Å². The number of carbonyl (C=O) groups is 1. The summed E-state index contributed by atoms with van der Waals surface area (Å²) in [4.78, 5) is 23.6. The van der Waals surface area contributed by atoms with Crippen LogP contribution in [0.2, 0.25) is 0 Å². The summed E-state index contributed by atoms with van der Waals surface area (Å²) in [6, 6.07) is 6.94. The van der Waals surface area contributed by atoms with E-state index in [1.807, 2.05) is 13.0 Å². The second-order valence-electron chi connectivity index (χ2n) is 6.83. The number of rotatable bonds is 8. The van der Waals surface area contributed by atoms with Gasteiger partial charge in [-0.2, -0.15) is 4.98 Å². The summed E-state index contributed by atoms with van der Waals surface area (Å²) in [5.74, 6) is 2.95. The third-order valence-corrected chi connectivity index (χ3v) is 4.77. The average molecular weight is 400 g/mol. The molecule has 29 heavy (non-hydrogen) atoms. The SMILES string of the molecule is COc1ccc(C(=O)NCCOc2cc(N3CCCCC3)nc(C)n2)c(OC)c1. The summed E-state index contributed by atoms with van der Waals surface area (Å²) in [7, 11) is 3.09. The Kier molecular flexibility index (Phi) is 7.10. The Hall–Kier alpha value is -3.03. The molecule has 0 aliphatic carbocycles. The van der Waals surface area contributed by atoms with E-state index in [4.69, 9.17) is 14.2 Å². The molecule has 3 rings (SSSR count). The Bertz CT molecular complexity index is 837. The molecule has 1 amide bonds. The number of nitrogens with zero attached hydrogens (tertiary/aromatic N) is 3. The first kappa shape index (κ1) is 20.7. The van der Waals surface area contributed by atoms with E-state index < -0.39 is 0 Å². The number of anilines is 1. The predicted octanol–water partition coefficient (Wildman–Crippen LogP) is 2.60. The molecule has 1 fully saturated rings. The second-order valence-corrected chi connectivity index (χ2v) is 6.83. The normalized spacial score (nSPS) is 13.7. The number of hydrogen-bond donors (Lipinski definition) is 1. The van der Waals surface area contributed by atoms with E-state index in [1.165, 1.54) is 26.4 Å². The highest BCUT2D eigenvalue weighted by molar-refractivity contribution is 5.97. The molecular weight excluding hydrogens is 372 g/mol. The van der Waals surface area contributed by atoms with Gasteiger partial charge in [0, 0.05) is 25.2 Å². The lowest BCUT2D eigenvalue weighted by molar-refractivity contribution is 0.0943. The van der Waals surface area contributed by atoms with E-state index in [0.717, 1.165) is 18.9 Å². The highest BCUT2D eigenvalue weighted by Gasteiger charge is 2.15. The average Bonchev–Trinajstić information content (AvgIpc) is 2.76. The Labute approximate surface area is 171 Å². The molecule has 2 heterocycles. The molecule has 0 bridgehead atoms. The molecule has 0 unspecified atom stereocenters. The Morgan fingerprint density at radius 1 is 1.10 bits per heavy atom. The van der Waals surface area contributed by atoms with Crippen LogP contribution in [-0.4, -0.2) is 56.3 Å². The zero-order valence-electron chi connectivity index (χ0n) is 17.2. The van der Waals surface area contributed by atoms with Gasteiger partial charge in [0.05, 0.1) is 26.3 Å². The van der Waals surface area contributed by atoms with Crippen LogP contribution in [0.25, 0.3) is 0 Å².